The Morgan fingerprint density at radius 1 is 1.05 bits per heavy atom. The Morgan fingerprint density at radius 2 is 1.73 bits per heavy atom. The molecule has 0 unspecified atom stereocenters. The minimum atomic E-state index is -0.626. The fraction of sp³-hybridized carbons (Fsp3) is 0.400. The lowest BCUT2D eigenvalue weighted by molar-refractivity contribution is -0.119. The standard InChI is InChI=1S/C30H38FN5O4/c1-4-14-36(15-5-2)30(39)22-8-6-7-21(18-22)29(38)35-26(19-27-33-13-16-40-27)25(32)17-20(3)28(37)34-24-11-9-23(31)10-12-24/h6-13,16,18,20,25-26H,4-5,14-15,17,19,32H2,1-3H3,(H,34,37)(H,35,38)/t20-,25+,26+/m1/s1. The molecule has 1 heterocycles. The van der Waals surface area contributed by atoms with E-state index in [1.807, 2.05) is 13.8 Å². The normalized spacial score (nSPS) is 13.2. The number of rotatable bonds is 14. The smallest absolute Gasteiger partial charge is 0.253 e. The molecule has 0 radical (unpaired) electrons. The average molecular weight is 552 g/mol. The highest BCUT2D eigenvalue weighted by Gasteiger charge is 2.27. The predicted molar refractivity (Wildman–Crippen MR) is 151 cm³/mol. The number of aromatic nitrogens is 1. The SMILES string of the molecule is CCCN(CCC)C(=O)c1cccc(C(=O)N[C@@H](Cc2ncco2)[C@@H](N)C[C@@H](C)C(=O)Nc2ccc(F)cc2)c1. The van der Waals surface area contributed by atoms with Gasteiger partial charge in [0.2, 0.25) is 5.91 Å². The Hall–Kier alpha value is -4.05. The Bertz CT molecular complexity index is 1240. The summed E-state index contributed by atoms with van der Waals surface area (Å²) < 4.78 is 18.6. The molecule has 2 aromatic carbocycles. The number of carbonyl (C=O) groups is 3. The fourth-order valence-corrected chi connectivity index (χ4v) is 4.41. The van der Waals surface area contributed by atoms with Gasteiger partial charge in [0.15, 0.2) is 5.89 Å². The van der Waals surface area contributed by atoms with Crippen molar-refractivity contribution in [2.45, 2.75) is 58.5 Å². The number of hydrogen-bond acceptors (Lipinski definition) is 6. The van der Waals surface area contributed by atoms with Gasteiger partial charge in [-0.25, -0.2) is 9.37 Å². The Labute approximate surface area is 234 Å². The minimum Gasteiger partial charge on any atom is -0.449 e. The fourth-order valence-electron chi connectivity index (χ4n) is 4.41. The van der Waals surface area contributed by atoms with Crippen molar-refractivity contribution in [3.05, 3.63) is 83.8 Å². The Morgan fingerprint density at radius 3 is 2.35 bits per heavy atom. The molecule has 0 fully saturated rings. The van der Waals surface area contributed by atoms with Crippen molar-refractivity contribution in [1.82, 2.24) is 15.2 Å². The van der Waals surface area contributed by atoms with Gasteiger partial charge in [-0.3, -0.25) is 14.4 Å². The second kappa shape index (κ2) is 14.9. The molecule has 214 valence electrons. The zero-order valence-electron chi connectivity index (χ0n) is 23.2. The van der Waals surface area contributed by atoms with E-state index in [-0.39, 0.29) is 24.7 Å². The molecule has 10 heteroatoms. The maximum absolute atomic E-state index is 13.3. The lowest BCUT2D eigenvalue weighted by atomic mass is 9.94. The molecule has 1 aromatic heterocycles. The van der Waals surface area contributed by atoms with Gasteiger partial charge < -0.3 is 25.7 Å². The summed E-state index contributed by atoms with van der Waals surface area (Å²) in [4.78, 5) is 45.1. The van der Waals surface area contributed by atoms with Crippen LogP contribution in [0.2, 0.25) is 0 Å². The third-order valence-electron chi connectivity index (χ3n) is 6.54. The predicted octanol–water partition coefficient (Wildman–Crippen LogP) is 4.41. The summed E-state index contributed by atoms with van der Waals surface area (Å²) in [5.74, 6) is -1.31. The van der Waals surface area contributed by atoms with Crippen LogP contribution in [0.5, 0.6) is 0 Å². The molecule has 40 heavy (non-hydrogen) atoms. The molecule has 9 nitrogen and oxygen atoms in total. The van der Waals surface area contributed by atoms with Crippen LogP contribution in [0, 0.1) is 11.7 Å². The van der Waals surface area contributed by atoms with E-state index in [0.29, 0.717) is 35.8 Å². The Balaban J connectivity index is 1.72. The molecular formula is C30H38FN5O4. The molecule has 3 amide bonds. The number of nitrogens with zero attached hydrogens (tertiary/aromatic N) is 2. The molecular weight excluding hydrogens is 513 g/mol. The maximum atomic E-state index is 13.3. The topological polar surface area (TPSA) is 131 Å². The molecule has 4 N–H and O–H groups in total. The molecule has 0 saturated carbocycles. The van der Waals surface area contributed by atoms with Gasteiger partial charge in [0.1, 0.15) is 12.1 Å². The first-order valence-corrected chi connectivity index (χ1v) is 13.6. The molecule has 0 saturated heterocycles. The average Bonchev–Trinajstić information content (AvgIpc) is 3.46. The summed E-state index contributed by atoms with van der Waals surface area (Å²) >= 11 is 0. The highest BCUT2D eigenvalue weighted by atomic mass is 19.1. The van der Waals surface area contributed by atoms with E-state index < -0.39 is 29.7 Å². The van der Waals surface area contributed by atoms with Crippen LogP contribution < -0.4 is 16.4 Å². The van der Waals surface area contributed by atoms with E-state index in [4.69, 9.17) is 10.2 Å². The first kappa shape index (κ1) is 30.5. The van der Waals surface area contributed by atoms with Gasteiger partial charge in [-0.05, 0) is 61.7 Å². The van der Waals surface area contributed by atoms with Gasteiger partial charge in [0, 0.05) is 48.3 Å². The summed E-state index contributed by atoms with van der Waals surface area (Å²) in [6.07, 6.45) is 5.09. The molecule has 0 aliphatic heterocycles. The van der Waals surface area contributed by atoms with Crippen molar-refractivity contribution in [2.75, 3.05) is 18.4 Å². The van der Waals surface area contributed by atoms with Crippen LogP contribution >= 0.6 is 0 Å². The van der Waals surface area contributed by atoms with Gasteiger partial charge in [0.25, 0.3) is 11.8 Å². The van der Waals surface area contributed by atoms with Gasteiger partial charge in [0.05, 0.1) is 12.2 Å². The minimum absolute atomic E-state index is 0.118. The molecule has 0 aliphatic rings. The van der Waals surface area contributed by atoms with E-state index in [9.17, 15) is 18.8 Å². The van der Waals surface area contributed by atoms with E-state index >= 15 is 0 Å². The van der Waals surface area contributed by atoms with Crippen LogP contribution in [0.4, 0.5) is 10.1 Å². The van der Waals surface area contributed by atoms with Crippen LogP contribution in [0.15, 0.2) is 65.4 Å². The number of nitrogens with two attached hydrogens (primary N) is 1. The lowest BCUT2D eigenvalue weighted by Gasteiger charge is -2.26. The van der Waals surface area contributed by atoms with Gasteiger partial charge in [-0.2, -0.15) is 0 Å². The van der Waals surface area contributed by atoms with Crippen LogP contribution in [-0.4, -0.2) is 52.8 Å². The molecule has 3 rings (SSSR count). The lowest BCUT2D eigenvalue weighted by Crippen LogP contribution is -2.50. The summed E-state index contributed by atoms with van der Waals surface area (Å²) in [6, 6.07) is 10.9. The quantitative estimate of drug-likeness (QED) is 0.272. The van der Waals surface area contributed by atoms with Crippen LogP contribution in [0.3, 0.4) is 0 Å². The second-order valence-corrected chi connectivity index (χ2v) is 9.88. The maximum Gasteiger partial charge on any atom is 0.253 e. The highest BCUT2D eigenvalue weighted by molar-refractivity contribution is 5.99. The largest absolute Gasteiger partial charge is 0.449 e. The second-order valence-electron chi connectivity index (χ2n) is 9.88. The number of benzene rings is 2. The molecule has 3 atom stereocenters. The number of amides is 3. The monoisotopic (exact) mass is 551 g/mol. The van der Waals surface area contributed by atoms with Crippen LogP contribution in [0.25, 0.3) is 0 Å². The molecule has 0 bridgehead atoms. The summed E-state index contributed by atoms with van der Waals surface area (Å²) in [5.41, 5.74) is 7.76. The first-order valence-electron chi connectivity index (χ1n) is 13.6. The van der Waals surface area contributed by atoms with E-state index in [0.717, 1.165) is 12.8 Å². The third kappa shape index (κ3) is 8.74. The first-order chi connectivity index (χ1) is 19.2. The molecule has 3 aromatic rings. The highest BCUT2D eigenvalue weighted by Crippen LogP contribution is 2.16. The summed E-state index contributed by atoms with van der Waals surface area (Å²) in [6.45, 7) is 7.05. The van der Waals surface area contributed by atoms with Crippen LogP contribution in [-0.2, 0) is 11.2 Å². The number of hydrogen-bond donors (Lipinski definition) is 3. The summed E-state index contributed by atoms with van der Waals surface area (Å²) in [7, 11) is 0. The van der Waals surface area contributed by atoms with Crippen molar-refractivity contribution in [3.8, 4) is 0 Å². The number of nitrogens with one attached hydrogen (secondary N) is 2. The van der Waals surface area contributed by atoms with E-state index in [1.54, 1.807) is 36.1 Å². The van der Waals surface area contributed by atoms with Crippen molar-refractivity contribution < 1.29 is 23.2 Å². The van der Waals surface area contributed by atoms with Crippen molar-refractivity contribution in [3.63, 3.8) is 0 Å². The van der Waals surface area contributed by atoms with Gasteiger partial charge >= 0.3 is 0 Å². The van der Waals surface area contributed by atoms with Crippen molar-refractivity contribution in [2.24, 2.45) is 11.7 Å². The zero-order valence-corrected chi connectivity index (χ0v) is 23.2. The summed E-state index contributed by atoms with van der Waals surface area (Å²) in [5, 5.41) is 5.71. The number of carbonyl (C=O) groups excluding carboxylic acids is 3. The molecule has 0 spiro atoms. The van der Waals surface area contributed by atoms with E-state index in [1.165, 1.54) is 36.7 Å². The third-order valence-corrected chi connectivity index (χ3v) is 6.54. The van der Waals surface area contributed by atoms with Gasteiger partial charge in [-0.15, -0.1) is 0 Å². The van der Waals surface area contributed by atoms with E-state index in [2.05, 4.69) is 15.6 Å². The Kier molecular flexibility index (Phi) is 11.4. The van der Waals surface area contributed by atoms with Crippen molar-refractivity contribution in [1.29, 1.82) is 0 Å². The zero-order chi connectivity index (χ0) is 29.1. The number of oxazole rings is 1. The number of anilines is 1. The van der Waals surface area contributed by atoms with Gasteiger partial charge in [-0.1, -0.05) is 26.8 Å². The van der Waals surface area contributed by atoms with Crippen LogP contribution in [0.1, 0.15) is 66.6 Å². The number of halogens is 1. The molecule has 0 aliphatic carbocycles. The van der Waals surface area contributed by atoms with Crippen molar-refractivity contribution >= 4 is 23.4 Å².